The molecule has 24 heavy (non-hydrogen) atoms. The Morgan fingerprint density at radius 1 is 0.792 bits per heavy atom. The predicted molar refractivity (Wildman–Crippen MR) is 116 cm³/mol. The van der Waals surface area contributed by atoms with Crippen molar-refractivity contribution in [1.29, 1.82) is 0 Å². The summed E-state index contributed by atoms with van der Waals surface area (Å²) in [5, 5.41) is 0. The highest BCUT2D eigenvalue weighted by Crippen LogP contribution is 2.27. The van der Waals surface area contributed by atoms with E-state index in [-0.39, 0.29) is 0 Å². The zero-order valence-corrected chi connectivity index (χ0v) is 19.5. The molecule has 0 atom stereocenters. The number of ether oxygens (including phenoxy) is 1. The van der Waals surface area contributed by atoms with E-state index in [9.17, 15) is 0 Å². The molecule has 0 aliphatic carbocycles. The van der Waals surface area contributed by atoms with Crippen molar-refractivity contribution in [2.24, 2.45) is 11.8 Å². The van der Waals surface area contributed by atoms with Crippen LogP contribution in [0.15, 0.2) is 0 Å². The highest BCUT2D eigenvalue weighted by molar-refractivity contribution is 7.99. The molecule has 0 unspecified atom stereocenters. The van der Waals surface area contributed by atoms with Gasteiger partial charge in [-0.15, -0.1) is 0 Å². The minimum atomic E-state index is 0.689. The van der Waals surface area contributed by atoms with Crippen molar-refractivity contribution in [1.82, 2.24) is 4.90 Å². The molecule has 2 fully saturated rings. The molecular formula is C21H49NOS. The SMILES string of the molecule is CC.CC.CC.CC(C)C1CCSCC1.CC(C)N1CCOCC1. The first-order valence-electron chi connectivity index (χ1n) is 10.5. The van der Waals surface area contributed by atoms with Gasteiger partial charge >= 0.3 is 0 Å². The Hall–Kier alpha value is 0.270. The molecule has 2 rings (SSSR count). The Morgan fingerprint density at radius 2 is 1.21 bits per heavy atom. The molecule has 0 radical (unpaired) electrons. The van der Waals surface area contributed by atoms with Crippen LogP contribution in [0.1, 0.15) is 82.1 Å². The van der Waals surface area contributed by atoms with Crippen LogP contribution in [0.25, 0.3) is 0 Å². The molecule has 0 N–H and O–H groups in total. The van der Waals surface area contributed by atoms with E-state index >= 15 is 0 Å². The second kappa shape index (κ2) is 23.3. The van der Waals surface area contributed by atoms with Gasteiger partial charge in [-0.25, -0.2) is 0 Å². The lowest BCUT2D eigenvalue weighted by Crippen LogP contribution is -2.40. The number of thioether (sulfide) groups is 1. The molecule has 0 amide bonds. The van der Waals surface area contributed by atoms with Crippen LogP contribution < -0.4 is 0 Å². The van der Waals surface area contributed by atoms with Crippen LogP contribution >= 0.6 is 11.8 Å². The first-order chi connectivity index (χ1) is 11.6. The number of rotatable bonds is 2. The molecule has 0 spiro atoms. The summed E-state index contributed by atoms with van der Waals surface area (Å²) >= 11 is 2.12. The zero-order valence-electron chi connectivity index (χ0n) is 18.7. The zero-order chi connectivity index (χ0) is 19.4. The van der Waals surface area contributed by atoms with Crippen molar-refractivity contribution in [2.75, 3.05) is 37.8 Å². The first-order valence-corrected chi connectivity index (χ1v) is 11.7. The number of hydrogen-bond acceptors (Lipinski definition) is 3. The summed E-state index contributed by atoms with van der Waals surface area (Å²) in [6.07, 6.45) is 2.92. The van der Waals surface area contributed by atoms with Crippen LogP contribution in [0.2, 0.25) is 0 Å². The summed E-state index contributed by atoms with van der Waals surface area (Å²) in [5.74, 6) is 4.77. The topological polar surface area (TPSA) is 12.5 Å². The maximum absolute atomic E-state index is 5.21. The summed E-state index contributed by atoms with van der Waals surface area (Å²) in [6.45, 7) is 25.2. The molecule has 0 aromatic rings. The van der Waals surface area contributed by atoms with Gasteiger partial charge in [0.05, 0.1) is 13.2 Å². The molecule has 0 saturated carbocycles. The van der Waals surface area contributed by atoms with Gasteiger partial charge in [-0.2, -0.15) is 11.8 Å². The number of morpholine rings is 1. The standard InChI is InChI=1S/C8H16S.C7H15NO.3C2H6/c2*1-7(2)8-3-5-9-6-4-8;3*1-2/h7-8H,3-6H2,1-2H3;7H,3-6H2,1-2H3;3*1-2H3. The van der Waals surface area contributed by atoms with Gasteiger partial charge in [0.1, 0.15) is 0 Å². The fourth-order valence-corrected chi connectivity index (χ4v) is 3.62. The van der Waals surface area contributed by atoms with Crippen molar-refractivity contribution in [2.45, 2.75) is 88.1 Å². The van der Waals surface area contributed by atoms with E-state index in [4.69, 9.17) is 4.74 Å². The van der Waals surface area contributed by atoms with Crippen molar-refractivity contribution in [3.63, 3.8) is 0 Å². The maximum Gasteiger partial charge on any atom is 0.0594 e. The van der Waals surface area contributed by atoms with Gasteiger partial charge in [0, 0.05) is 19.1 Å². The summed E-state index contributed by atoms with van der Waals surface area (Å²) in [4.78, 5) is 2.43. The Bertz CT molecular complexity index is 176. The van der Waals surface area contributed by atoms with Gasteiger partial charge in [-0.1, -0.05) is 55.4 Å². The molecule has 0 aromatic heterocycles. The van der Waals surface area contributed by atoms with Gasteiger partial charge < -0.3 is 4.74 Å². The molecule has 150 valence electrons. The average molecular weight is 364 g/mol. The minimum Gasteiger partial charge on any atom is -0.379 e. The summed E-state index contributed by atoms with van der Waals surface area (Å²) in [5.41, 5.74) is 0. The van der Waals surface area contributed by atoms with Gasteiger partial charge in [-0.05, 0) is 50.0 Å². The molecule has 2 aliphatic heterocycles. The van der Waals surface area contributed by atoms with Crippen molar-refractivity contribution < 1.29 is 4.74 Å². The van der Waals surface area contributed by atoms with Crippen LogP contribution in [-0.2, 0) is 4.74 Å². The number of nitrogens with zero attached hydrogens (tertiary/aromatic N) is 1. The quantitative estimate of drug-likeness (QED) is 0.549. The summed E-state index contributed by atoms with van der Waals surface area (Å²) < 4.78 is 5.21. The fourth-order valence-electron chi connectivity index (χ4n) is 2.48. The lowest BCUT2D eigenvalue weighted by molar-refractivity contribution is 0.0238. The second-order valence-corrected chi connectivity index (χ2v) is 7.16. The van der Waals surface area contributed by atoms with E-state index in [1.807, 2.05) is 41.5 Å². The van der Waals surface area contributed by atoms with E-state index in [0.29, 0.717) is 6.04 Å². The second-order valence-electron chi connectivity index (χ2n) is 5.94. The Labute approximate surface area is 159 Å². The predicted octanol–water partition coefficient (Wildman–Crippen LogP) is 6.59. The first kappa shape index (κ1) is 29.0. The van der Waals surface area contributed by atoms with Crippen LogP contribution in [0.4, 0.5) is 0 Å². The highest BCUT2D eigenvalue weighted by atomic mass is 32.2. The molecule has 2 saturated heterocycles. The molecule has 2 heterocycles. The molecular weight excluding hydrogens is 314 g/mol. The Balaban J connectivity index is -0.000000281. The van der Waals surface area contributed by atoms with E-state index in [1.54, 1.807) is 0 Å². The third-order valence-corrected chi connectivity index (χ3v) is 5.03. The average Bonchev–Trinajstić information content (AvgIpc) is 2.68. The lowest BCUT2D eigenvalue weighted by atomic mass is 9.91. The lowest BCUT2D eigenvalue weighted by Gasteiger charge is -2.29. The number of hydrogen-bond donors (Lipinski definition) is 0. The molecule has 0 aromatic carbocycles. The van der Waals surface area contributed by atoms with Gasteiger partial charge in [-0.3, -0.25) is 4.90 Å². The third kappa shape index (κ3) is 17.1. The molecule has 3 heteroatoms. The van der Waals surface area contributed by atoms with E-state index < -0.39 is 0 Å². The van der Waals surface area contributed by atoms with Crippen molar-refractivity contribution >= 4 is 11.8 Å². The molecule has 2 nitrogen and oxygen atoms in total. The largest absolute Gasteiger partial charge is 0.379 e. The Morgan fingerprint density at radius 3 is 1.46 bits per heavy atom. The molecule has 2 aliphatic rings. The van der Waals surface area contributed by atoms with Gasteiger partial charge in [0.2, 0.25) is 0 Å². The smallest absolute Gasteiger partial charge is 0.0594 e. The van der Waals surface area contributed by atoms with Crippen molar-refractivity contribution in [3.05, 3.63) is 0 Å². The minimum absolute atomic E-state index is 0.689. The third-order valence-electron chi connectivity index (χ3n) is 3.98. The highest BCUT2D eigenvalue weighted by Gasteiger charge is 2.16. The fraction of sp³-hybridized carbons (Fsp3) is 1.00. The van der Waals surface area contributed by atoms with Crippen LogP contribution in [0.3, 0.4) is 0 Å². The monoisotopic (exact) mass is 363 g/mol. The normalized spacial score (nSPS) is 18.0. The van der Waals surface area contributed by atoms with Gasteiger partial charge in [0.25, 0.3) is 0 Å². The molecule has 0 bridgehead atoms. The maximum atomic E-state index is 5.21. The van der Waals surface area contributed by atoms with Crippen LogP contribution in [0.5, 0.6) is 0 Å². The van der Waals surface area contributed by atoms with Crippen molar-refractivity contribution in [3.8, 4) is 0 Å². The van der Waals surface area contributed by atoms with E-state index in [0.717, 1.165) is 38.1 Å². The van der Waals surface area contributed by atoms with Crippen LogP contribution in [0, 0.1) is 11.8 Å². The van der Waals surface area contributed by atoms with E-state index in [2.05, 4.69) is 44.4 Å². The van der Waals surface area contributed by atoms with E-state index in [1.165, 1.54) is 24.3 Å². The summed E-state index contributed by atoms with van der Waals surface area (Å²) in [6, 6.07) is 0.689. The van der Waals surface area contributed by atoms with Gasteiger partial charge in [0.15, 0.2) is 0 Å². The van der Waals surface area contributed by atoms with Crippen LogP contribution in [-0.4, -0.2) is 48.8 Å². The summed E-state index contributed by atoms with van der Waals surface area (Å²) in [7, 11) is 0. The Kier molecular flexibility index (Phi) is 28.2.